The zero-order chi connectivity index (χ0) is 8.27. The average Bonchev–Trinajstić information content (AvgIpc) is 2.04. The molecule has 0 spiro atoms. The Labute approximate surface area is 105 Å². The zero-order valence-electron chi connectivity index (χ0n) is 10.5. The van der Waals surface area contributed by atoms with Crippen LogP contribution in [-0.2, 0) is 12.8 Å². The van der Waals surface area contributed by atoms with Gasteiger partial charge in [0.25, 0.3) is 0 Å². The Bertz CT molecular complexity index is 262. The van der Waals surface area contributed by atoms with E-state index in [1.807, 2.05) is 13.1 Å². The Kier molecular flexibility index (Phi) is 9.04. The maximum atomic E-state index is 4.40. The molecule has 0 aliphatic rings. The van der Waals surface area contributed by atoms with Gasteiger partial charge in [0.05, 0.1) is 17.1 Å². The number of hydrogen-bond donors (Lipinski definition) is 0. The van der Waals surface area contributed by atoms with Crippen LogP contribution < -0.4 is 0 Å². The van der Waals surface area contributed by atoms with Gasteiger partial charge in [-0.05, 0) is 19.8 Å². The smallest absolute Gasteiger partial charge is 1.00 e. The molecule has 1 aromatic heterocycles. The second-order valence-electron chi connectivity index (χ2n) is 2.60. The molecule has 1 rings (SSSR count). The van der Waals surface area contributed by atoms with Crippen molar-refractivity contribution in [3.63, 3.8) is 0 Å². The van der Waals surface area contributed by atoms with Gasteiger partial charge >= 0.3 is 23.1 Å². The first kappa shape index (κ1) is 15.6. The molecule has 1 heterocycles. The summed E-state index contributed by atoms with van der Waals surface area (Å²) < 4.78 is 0. The van der Waals surface area contributed by atoms with E-state index in [0.717, 1.165) is 29.9 Å². The summed E-state index contributed by atoms with van der Waals surface area (Å²) >= 11 is 0. The third-order valence-electron chi connectivity index (χ3n) is 1.80. The van der Waals surface area contributed by atoms with Gasteiger partial charge in [0.1, 0.15) is 0 Å². The Morgan fingerprint density at radius 2 is 1.92 bits per heavy atom. The third-order valence-corrected chi connectivity index (χ3v) is 1.80. The normalized spacial score (nSPS) is 8.54. The summed E-state index contributed by atoms with van der Waals surface area (Å²) in [6.45, 7) is 6.21. The van der Waals surface area contributed by atoms with E-state index >= 15 is 0 Å². The molecule has 0 saturated carbocycles. The van der Waals surface area contributed by atoms with Gasteiger partial charge in [-0.3, -0.25) is 9.97 Å². The number of rotatable bonds is 2. The molecule has 2 nitrogen and oxygen atoms in total. The number of aryl methyl sites for hydroxylation is 3. The molecule has 0 bridgehead atoms. The van der Waals surface area contributed by atoms with E-state index < -0.39 is 0 Å². The molecule has 0 saturated heterocycles. The number of nitrogens with zero attached hydrogens (tertiary/aromatic N) is 2. The zero-order valence-corrected chi connectivity index (χ0v) is 10.7. The van der Waals surface area contributed by atoms with E-state index in [-0.39, 0.29) is 38.3 Å². The van der Waals surface area contributed by atoms with Crippen molar-refractivity contribution in [2.75, 3.05) is 0 Å². The predicted molar refractivity (Wildman–Crippen MR) is 60.8 cm³/mol. The van der Waals surface area contributed by atoms with Crippen LogP contribution in [0.25, 0.3) is 0 Å². The summed E-state index contributed by atoms with van der Waals surface area (Å²) in [7, 11) is 0. The van der Waals surface area contributed by atoms with Gasteiger partial charge in [0, 0.05) is 6.20 Å². The van der Waals surface area contributed by atoms with Crippen LogP contribution in [0.5, 0.6) is 0 Å². The number of aromatic nitrogens is 2. The summed E-state index contributed by atoms with van der Waals surface area (Å²) in [5.74, 6) is 0. The van der Waals surface area contributed by atoms with E-state index in [1.54, 1.807) is 0 Å². The van der Waals surface area contributed by atoms with Gasteiger partial charge in [-0.25, -0.2) is 0 Å². The van der Waals surface area contributed by atoms with Gasteiger partial charge < -0.3 is 2.85 Å². The summed E-state index contributed by atoms with van der Waals surface area (Å²) in [5.41, 5.74) is 3.27. The van der Waals surface area contributed by atoms with E-state index in [1.165, 1.54) is 0 Å². The first-order chi connectivity index (χ1) is 5.27. The second-order valence-corrected chi connectivity index (χ2v) is 2.60. The van der Waals surface area contributed by atoms with Crippen molar-refractivity contribution in [3.8, 4) is 0 Å². The molecule has 0 fully saturated rings. The first-order valence-corrected chi connectivity index (χ1v) is 4.09. The van der Waals surface area contributed by atoms with Crippen molar-refractivity contribution in [2.45, 2.75) is 33.6 Å². The van der Waals surface area contributed by atoms with Crippen molar-refractivity contribution >= 4 is 35.5 Å². The number of hydrogen-bond acceptors (Lipinski definition) is 2. The maximum Gasteiger partial charge on any atom is 2.00 e. The summed E-state index contributed by atoms with van der Waals surface area (Å²) in [6.07, 6.45) is 3.81. The van der Waals surface area contributed by atoms with Crippen molar-refractivity contribution in [1.29, 1.82) is 0 Å². The Morgan fingerprint density at radius 1 is 1.31 bits per heavy atom. The Balaban J connectivity index is -0.000000151. The van der Waals surface area contributed by atoms with Crippen molar-refractivity contribution in [2.24, 2.45) is 0 Å². The molecule has 0 aliphatic carbocycles. The minimum Gasteiger partial charge on any atom is -1.00 e. The molecule has 72 valence electrons. The molecule has 0 N–H and O–H groups in total. The molecule has 0 amide bonds. The predicted octanol–water partition coefficient (Wildman–Crippen LogP) is 2.18. The van der Waals surface area contributed by atoms with E-state index in [2.05, 4.69) is 23.8 Å². The summed E-state index contributed by atoms with van der Waals surface area (Å²) in [6, 6.07) is 0. The minimum absolute atomic E-state index is 0. The van der Waals surface area contributed by atoms with Gasteiger partial charge in [-0.2, -0.15) is 0 Å². The maximum absolute atomic E-state index is 4.40. The molecular formula is C9H17ClMgN2. The van der Waals surface area contributed by atoms with Gasteiger partial charge in [-0.15, -0.1) is 12.4 Å². The quantitative estimate of drug-likeness (QED) is 0.703. The topological polar surface area (TPSA) is 25.8 Å². The van der Waals surface area contributed by atoms with Crippen LogP contribution >= 0.6 is 12.4 Å². The van der Waals surface area contributed by atoms with Crippen molar-refractivity contribution in [3.05, 3.63) is 23.3 Å². The summed E-state index contributed by atoms with van der Waals surface area (Å²) in [4.78, 5) is 8.70. The fourth-order valence-electron chi connectivity index (χ4n) is 1.07. The van der Waals surface area contributed by atoms with Crippen LogP contribution in [0.15, 0.2) is 6.20 Å². The third kappa shape index (κ3) is 4.25. The monoisotopic (exact) mass is 212 g/mol. The second kappa shape index (κ2) is 7.53. The van der Waals surface area contributed by atoms with Crippen molar-refractivity contribution in [1.82, 2.24) is 9.97 Å². The van der Waals surface area contributed by atoms with Gasteiger partial charge in [-0.1, -0.05) is 13.8 Å². The molecular weight excluding hydrogens is 196 g/mol. The summed E-state index contributed by atoms with van der Waals surface area (Å²) in [5, 5.41) is 0. The van der Waals surface area contributed by atoms with Gasteiger partial charge in [0.2, 0.25) is 0 Å². The van der Waals surface area contributed by atoms with Crippen molar-refractivity contribution < 1.29 is 2.85 Å². The standard InChI is InChI=1S/C9H14N2.ClH.Mg.2H/c1-4-8-6-10-9(5-2)7(3)11-8;;;;/h6H,4-5H2,1-3H3;1H;;;/q;;+2;2*-1. The Hall–Kier alpha value is 0.136. The van der Waals surface area contributed by atoms with Crippen LogP contribution in [0.2, 0.25) is 0 Å². The molecule has 0 aromatic carbocycles. The molecule has 1 aromatic rings. The molecule has 0 unspecified atom stereocenters. The van der Waals surface area contributed by atoms with Crippen LogP contribution in [0.1, 0.15) is 33.8 Å². The fourth-order valence-corrected chi connectivity index (χ4v) is 1.07. The van der Waals surface area contributed by atoms with Crippen LogP contribution in [-0.4, -0.2) is 33.0 Å². The van der Waals surface area contributed by atoms with E-state index in [0.29, 0.717) is 0 Å². The average molecular weight is 213 g/mol. The van der Waals surface area contributed by atoms with Gasteiger partial charge in [0.15, 0.2) is 0 Å². The molecule has 13 heavy (non-hydrogen) atoms. The largest absolute Gasteiger partial charge is 2.00 e. The van der Waals surface area contributed by atoms with Crippen LogP contribution in [0.3, 0.4) is 0 Å². The van der Waals surface area contributed by atoms with Crippen LogP contribution in [0.4, 0.5) is 0 Å². The molecule has 0 radical (unpaired) electrons. The molecule has 4 heteroatoms. The van der Waals surface area contributed by atoms with Crippen LogP contribution in [0, 0.1) is 6.92 Å². The minimum atomic E-state index is 0. The van der Waals surface area contributed by atoms with E-state index in [9.17, 15) is 0 Å². The molecule has 0 atom stereocenters. The Morgan fingerprint density at radius 3 is 2.31 bits per heavy atom. The first-order valence-electron chi connectivity index (χ1n) is 4.09. The number of halogens is 1. The SMILES string of the molecule is CCc1cnc(CC)c(C)n1.Cl.[H-].[H-].[Mg+2]. The molecule has 0 aliphatic heterocycles. The fraction of sp³-hybridized carbons (Fsp3) is 0.556. The van der Waals surface area contributed by atoms with E-state index in [4.69, 9.17) is 0 Å².